The largest absolute Gasteiger partial charge is 0.465 e. The van der Waals surface area contributed by atoms with E-state index in [-0.39, 0.29) is 11.1 Å². The molecule has 2 rings (SSSR count). The van der Waals surface area contributed by atoms with E-state index in [1.165, 1.54) is 7.11 Å². The fourth-order valence-electron chi connectivity index (χ4n) is 1.94. The Kier molecular flexibility index (Phi) is 5.21. The van der Waals surface area contributed by atoms with Crippen molar-refractivity contribution in [3.8, 4) is 11.1 Å². The second kappa shape index (κ2) is 7.33. The Labute approximate surface area is 133 Å². The molecule has 0 radical (unpaired) electrons. The first-order valence-corrected chi connectivity index (χ1v) is 6.89. The van der Waals surface area contributed by atoms with Crippen LogP contribution in [0.25, 0.3) is 11.1 Å². The Morgan fingerprint density at radius 1 is 1.23 bits per heavy atom. The SMILES string of the molecule is COC(=O)c1ccc(-c2ccccc2C=NNC(N)=S)cc1. The van der Waals surface area contributed by atoms with Crippen molar-refractivity contribution < 1.29 is 9.53 Å². The maximum absolute atomic E-state index is 11.5. The molecular formula is C16H15N3O2S. The summed E-state index contributed by atoms with van der Waals surface area (Å²) in [7, 11) is 1.36. The molecule has 0 bridgehead atoms. The summed E-state index contributed by atoms with van der Waals surface area (Å²) in [4.78, 5) is 11.5. The third-order valence-electron chi connectivity index (χ3n) is 2.96. The number of nitrogens with zero attached hydrogens (tertiary/aromatic N) is 1. The third kappa shape index (κ3) is 3.89. The molecule has 0 amide bonds. The van der Waals surface area contributed by atoms with Crippen molar-refractivity contribution in [1.82, 2.24) is 5.43 Å². The summed E-state index contributed by atoms with van der Waals surface area (Å²) in [5.74, 6) is -0.359. The van der Waals surface area contributed by atoms with E-state index in [4.69, 9.17) is 18.0 Å². The summed E-state index contributed by atoms with van der Waals surface area (Å²) in [6.07, 6.45) is 1.64. The minimum absolute atomic E-state index is 0.108. The molecule has 0 aliphatic rings. The van der Waals surface area contributed by atoms with E-state index in [0.29, 0.717) is 5.56 Å². The number of hydrogen-bond acceptors (Lipinski definition) is 4. The lowest BCUT2D eigenvalue weighted by molar-refractivity contribution is 0.0601. The molecular weight excluding hydrogens is 298 g/mol. The monoisotopic (exact) mass is 313 g/mol. The molecule has 2 aromatic carbocycles. The number of thiocarbonyl (C=S) groups is 1. The van der Waals surface area contributed by atoms with Crippen LogP contribution < -0.4 is 11.2 Å². The van der Waals surface area contributed by atoms with Crippen LogP contribution in [0.2, 0.25) is 0 Å². The Bertz CT molecular complexity index is 712. The zero-order valence-corrected chi connectivity index (χ0v) is 12.8. The van der Waals surface area contributed by atoms with E-state index in [0.717, 1.165) is 16.7 Å². The number of nitrogens with one attached hydrogen (secondary N) is 1. The standard InChI is InChI=1S/C16H15N3O2S/c1-21-15(20)12-8-6-11(7-9-12)14-5-3-2-4-13(14)10-18-19-16(17)22/h2-10H,1H3,(H3,17,19,22). The van der Waals surface area contributed by atoms with Gasteiger partial charge in [0.15, 0.2) is 5.11 Å². The summed E-state index contributed by atoms with van der Waals surface area (Å²) in [6, 6.07) is 14.9. The highest BCUT2D eigenvalue weighted by Crippen LogP contribution is 2.23. The molecule has 0 aliphatic carbocycles. The van der Waals surface area contributed by atoms with Gasteiger partial charge >= 0.3 is 5.97 Å². The van der Waals surface area contributed by atoms with Gasteiger partial charge < -0.3 is 10.5 Å². The van der Waals surface area contributed by atoms with Crippen molar-refractivity contribution in [3.63, 3.8) is 0 Å². The second-order valence-electron chi connectivity index (χ2n) is 4.39. The Morgan fingerprint density at radius 3 is 2.55 bits per heavy atom. The number of ether oxygens (including phenoxy) is 1. The molecule has 112 valence electrons. The average molecular weight is 313 g/mol. The van der Waals surface area contributed by atoms with Crippen molar-refractivity contribution >= 4 is 29.5 Å². The van der Waals surface area contributed by atoms with E-state index >= 15 is 0 Å². The second-order valence-corrected chi connectivity index (χ2v) is 4.83. The van der Waals surface area contributed by atoms with Gasteiger partial charge in [-0.15, -0.1) is 0 Å². The van der Waals surface area contributed by atoms with E-state index in [9.17, 15) is 4.79 Å². The van der Waals surface area contributed by atoms with Gasteiger partial charge in [-0.25, -0.2) is 4.79 Å². The molecule has 22 heavy (non-hydrogen) atoms. The number of hydrogen-bond donors (Lipinski definition) is 2. The number of carbonyl (C=O) groups excluding carboxylic acids is 1. The molecule has 0 saturated carbocycles. The van der Waals surface area contributed by atoms with Crippen molar-refractivity contribution in [1.29, 1.82) is 0 Å². The van der Waals surface area contributed by atoms with Gasteiger partial charge in [0, 0.05) is 5.56 Å². The van der Waals surface area contributed by atoms with Gasteiger partial charge in [-0.3, -0.25) is 5.43 Å². The van der Waals surface area contributed by atoms with Crippen molar-refractivity contribution in [3.05, 3.63) is 59.7 Å². The molecule has 0 atom stereocenters. The lowest BCUT2D eigenvalue weighted by atomic mass is 9.99. The maximum atomic E-state index is 11.5. The molecule has 0 unspecified atom stereocenters. The van der Waals surface area contributed by atoms with Gasteiger partial charge in [0.25, 0.3) is 0 Å². The van der Waals surface area contributed by atoms with Crippen LogP contribution in [0.4, 0.5) is 0 Å². The smallest absolute Gasteiger partial charge is 0.337 e. The summed E-state index contributed by atoms with van der Waals surface area (Å²) in [5, 5.41) is 4.08. The zero-order chi connectivity index (χ0) is 15.9. The minimum Gasteiger partial charge on any atom is -0.465 e. The first kappa shape index (κ1) is 15.7. The van der Waals surface area contributed by atoms with Crippen LogP contribution in [-0.2, 0) is 4.74 Å². The first-order chi connectivity index (χ1) is 10.6. The van der Waals surface area contributed by atoms with Crippen LogP contribution in [0.5, 0.6) is 0 Å². The minimum atomic E-state index is -0.359. The van der Waals surface area contributed by atoms with Gasteiger partial charge in [0.05, 0.1) is 18.9 Å². The summed E-state index contributed by atoms with van der Waals surface area (Å²) < 4.78 is 4.69. The molecule has 0 aromatic heterocycles. The average Bonchev–Trinajstić information content (AvgIpc) is 2.54. The quantitative estimate of drug-likeness (QED) is 0.392. The maximum Gasteiger partial charge on any atom is 0.337 e. The molecule has 3 N–H and O–H groups in total. The predicted molar refractivity (Wildman–Crippen MR) is 90.7 cm³/mol. The number of methoxy groups -OCH3 is 1. The van der Waals surface area contributed by atoms with Crippen molar-refractivity contribution in [2.45, 2.75) is 0 Å². The Balaban J connectivity index is 2.30. The van der Waals surface area contributed by atoms with Crippen LogP contribution in [0.15, 0.2) is 53.6 Å². The van der Waals surface area contributed by atoms with E-state index in [1.807, 2.05) is 36.4 Å². The van der Waals surface area contributed by atoms with Crippen LogP contribution in [0.1, 0.15) is 15.9 Å². The van der Waals surface area contributed by atoms with E-state index in [1.54, 1.807) is 18.3 Å². The number of rotatable bonds is 4. The number of carbonyl (C=O) groups is 1. The molecule has 0 heterocycles. The van der Waals surface area contributed by atoms with Crippen LogP contribution in [0.3, 0.4) is 0 Å². The lowest BCUT2D eigenvalue weighted by Gasteiger charge is -2.07. The molecule has 0 fully saturated rings. The molecule has 2 aromatic rings. The van der Waals surface area contributed by atoms with Crippen molar-refractivity contribution in [2.24, 2.45) is 10.8 Å². The number of nitrogens with two attached hydrogens (primary N) is 1. The van der Waals surface area contributed by atoms with Gasteiger partial charge in [0.2, 0.25) is 0 Å². The highest BCUT2D eigenvalue weighted by Gasteiger charge is 2.07. The summed E-state index contributed by atoms with van der Waals surface area (Å²) in [5.41, 5.74) is 11.2. The van der Waals surface area contributed by atoms with E-state index in [2.05, 4.69) is 15.3 Å². The van der Waals surface area contributed by atoms with Crippen LogP contribution in [0, 0.1) is 0 Å². The third-order valence-corrected chi connectivity index (χ3v) is 3.05. The summed E-state index contributed by atoms with van der Waals surface area (Å²) >= 11 is 4.70. The normalized spacial score (nSPS) is 10.4. The van der Waals surface area contributed by atoms with Crippen molar-refractivity contribution in [2.75, 3.05) is 7.11 Å². The molecule has 6 heteroatoms. The van der Waals surface area contributed by atoms with Crippen LogP contribution in [-0.4, -0.2) is 24.4 Å². The molecule has 5 nitrogen and oxygen atoms in total. The summed E-state index contributed by atoms with van der Waals surface area (Å²) in [6.45, 7) is 0. The highest BCUT2D eigenvalue weighted by molar-refractivity contribution is 7.80. The number of benzene rings is 2. The molecule has 0 spiro atoms. The number of esters is 1. The zero-order valence-electron chi connectivity index (χ0n) is 11.9. The van der Waals surface area contributed by atoms with Gasteiger partial charge in [-0.05, 0) is 35.5 Å². The van der Waals surface area contributed by atoms with Crippen LogP contribution >= 0.6 is 12.2 Å². The molecule has 0 saturated heterocycles. The predicted octanol–water partition coefficient (Wildman–Crippen LogP) is 2.31. The lowest BCUT2D eigenvalue weighted by Crippen LogP contribution is -2.24. The Morgan fingerprint density at radius 2 is 1.91 bits per heavy atom. The van der Waals surface area contributed by atoms with Gasteiger partial charge in [-0.1, -0.05) is 36.4 Å². The first-order valence-electron chi connectivity index (χ1n) is 6.48. The fraction of sp³-hybridized carbons (Fsp3) is 0.0625. The topological polar surface area (TPSA) is 76.7 Å². The van der Waals surface area contributed by atoms with Gasteiger partial charge in [-0.2, -0.15) is 5.10 Å². The molecule has 0 aliphatic heterocycles. The van der Waals surface area contributed by atoms with Gasteiger partial charge in [0.1, 0.15) is 0 Å². The Hall–Kier alpha value is -2.73. The highest BCUT2D eigenvalue weighted by atomic mass is 32.1. The van der Waals surface area contributed by atoms with E-state index < -0.39 is 0 Å². The fourth-order valence-corrected chi connectivity index (χ4v) is 1.99. The number of hydrazone groups is 1.